The summed E-state index contributed by atoms with van der Waals surface area (Å²) in [5.41, 5.74) is 0.0853. The van der Waals surface area contributed by atoms with Crippen molar-refractivity contribution in [3.63, 3.8) is 0 Å². The number of ether oxygens (including phenoxy) is 1. The number of nitrogens with zero attached hydrogens (tertiary/aromatic N) is 2. The van der Waals surface area contributed by atoms with Crippen molar-refractivity contribution in [1.82, 2.24) is 15.1 Å². The third-order valence-electron chi connectivity index (χ3n) is 4.29. The molecule has 6 nitrogen and oxygen atoms in total. The van der Waals surface area contributed by atoms with Crippen LogP contribution in [0.4, 0.5) is 0 Å². The second kappa shape index (κ2) is 8.82. The van der Waals surface area contributed by atoms with E-state index in [4.69, 9.17) is 4.74 Å². The molecule has 1 aliphatic carbocycles. The summed E-state index contributed by atoms with van der Waals surface area (Å²) >= 11 is 0. The van der Waals surface area contributed by atoms with E-state index in [1.54, 1.807) is 0 Å². The highest BCUT2D eigenvalue weighted by Gasteiger charge is 2.21. The highest BCUT2D eigenvalue weighted by Crippen LogP contribution is 2.25. The lowest BCUT2D eigenvalue weighted by Crippen LogP contribution is -2.33. The molecular weight excluding hydrogens is 294 g/mol. The lowest BCUT2D eigenvalue weighted by atomic mass is 9.88. The fourth-order valence-electron chi connectivity index (χ4n) is 2.94. The summed E-state index contributed by atoms with van der Waals surface area (Å²) in [7, 11) is 0. The molecule has 0 radical (unpaired) electrons. The van der Waals surface area contributed by atoms with Crippen LogP contribution in [0.2, 0.25) is 0 Å². The molecule has 1 N–H and O–H groups in total. The molecule has 1 fully saturated rings. The molecule has 0 spiro atoms. The van der Waals surface area contributed by atoms with Gasteiger partial charge in [0, 0.05) is 19.2 Å². The van der Waals surface area contributed by atoms with E-state index in [-0.39, 0.29) is 17.2 Å². The topological polar surface area (TPSA) is 73.2 Å². The van der Waals surface area contributed by atoms with Crippen molar-refractivity contribution in [3.05, 3.63) is 28.2 Å². The van der Waals surface area contributed by atoms with Crippen LogP contribution >= 0.6 is 0 Å². The molecule has 2 rings (SSSR count). The molecule has 1 heterocycles. The number of carbonyl (C=O) groups excluding carboxylic acids is 1. The Kier molecular flexibility index (Phi) is 6.77. The molecule has 0 aromatic carbocycles. The normalized spacial score (nSPS) is 21.1. The smallest absolute Gasteiger partial charge is 0.271 e. The Balaban J connectivity index is 1.78. The minimum Gasteiger partial charge on any atom is -0.376 e. The maximum atomic E-state index is 12.1. The minimum absolute atomic E-state index is 0.182. The maximum absolute atomic E-state index is 12.1. The van der Waals surface area contributed by atoms with Gasteiger partial charge in [-0.15, -0.1) is 0 Å². The monoisotopic (exact) mass is 321 g/mol. The fourth-order valence-corrected chi connectivity index (χ4v) is 2.94. The van der Waals surface area contributed by atoms with Crippen molar-refractivity contribution in [2.45, 2.75) is 58.6 Å². The molecule has 1 aromatic heterocycles. The lowest BCUT2D eigenvalue weighted by molar-refractivity contribution is -0.00295. The predicted molar refractivity (Wildman–Crippen MR) is 88.5 cm³/mol. The predicted octanol–water partition coefficient (Wildman–Crippen LogP) is 1.98. The SMILES string of the molecule is CCCn1nc(C(=O)NCCO[C@@H]2CCCC[C@H]2C)ccc1=O. The van der Waals surface area contributed by atoms with Crippen LogP contribution in [0, 0.1) is 5.92 Å². The van der Waals surface area contributed by atoms with Crippen LogP contribution in [0.25, 0.3) is 0 Å². The summed E-state index contributed by atoms with van der Waals surface area (Å²) in [6.07, 6.45) is 5.95. The first kappa shape index (κ1) is 17.7. The lowest BCUT2D eigenvalue weighted by Gasteiger charge is -2.28. The molecule has 0 saturated heterocycles. The Morgan fingerprint density at radius 2 is 2.17 bits per heavy atom. The molecule has 1 saturated carbocycles. The van der Waals surface area contributed by atoms with E-state index in [0.717, 1.165) is 12.8 Å². The summed E-state index contributed by atoms with van der Waals surface area (Å²) in [5, 5.41) is 6.89. The molecule has 128 valence electrons. The van der Waals surface area contributed by atoms with Gasteiger partial charge >= 0.3 is 0 Å². The third-order valence-corrected chi connectivity index (χ3v) is 4.29. The Labute approximate surface area is 137 Å². The number of nitrogens with one attached hydrogen (secondary N) is 1. The zero-order valence-electron chi connectivity index (χ0n) is 14.1. The number of rotatable bonds is 7. The van der Waals surface area contributed by atoms with Gasteiger partial charge in [-0.25, -0.2) is 4.68 Å². The average molecular weight is 321 g/mol. The van der Waals surface area contributed by atoms with E-state index in [2.05, 4.69) is 17.3 Å². The van der Waals surface area contributed by atoms with Gasteiger partial charge in [-0.2, -0.15) is 5.10 Å². The average Bonchev–Trinajstić information content (AvgIpc) is 2.55. The van der Waals surface area contributed by atoms with Gasteiger partial charge in [0.2, 0.25) is 0 Å². The molecule has 0 bridgehead atoms. The number of hydrogen-bond donors (Lipinski definition) is 1. The number of amides is 1. The van der Waals surface area contributed by atoms with Gasteiger partial charge in [-0.1, -0.05) is 26.7 Å². The second-order valence-electron chi connectivity index (χ2n) is 6.21. The molecule has 0 aliphatic heterocycles. The summed E-state index contributed by atoms with van der Waals surface area (Å²) < 4.78 is 7.20. The standard InChI is InChI=1S/C17H27N3O3/c1-3-11-20-16(21)9-8-14(19-20)17(22)18-10-12-23-15-7-5-4-6-13(15)2/h8-9,13,15H,3-7,10-12H2,1-2H3,(H,18,22)/t13-,15-/m1/s1. The summed E-state index contributed by atoms with van der Waals surface area (Å²) in [6, 6.07) is 2.85. The Morgan fingerprint density at radius 1 is 1.39 bits per heavy atom. The first-order valence-corrected chi connectivity index (χ1v) is 8.59. The zero-order valence-corrected chi connectivity index (χ0v) is 14.1. The third kappa shape index (κ3) is 5.16. The van der Waals surface area contributed by atoms with Crippen molar-refractivity contribution in [2.24, 2.45) is 5.92 Å². The summed E-state index contributed by atoms with van der Waals surface area (Å²) in [6.45, 7) is 5.67. The maximum Gasteiger partial charge on any atom is 0.271 e. The Hall–Kier alpha value is -1.69. The van der Waals surface area contributed by atoms with E-state index in [1.807, 2.05) is 6.92 Å². The van der Waals surface area contributed by atoms with Crippen LogP contribution in [0.1, 0.15) is 56.4 Å². The second-order valence-corrected chi connectivity index (χ2v) is 6.21. The fraction of sp³-hybridized carbons (Fsp3) is 0.706. The first-order valence-electron chi connectivity index (χ1n) is 8.59. The van der Waals surface area contributed by atoms with E-state index in [1.165, 1.54) is 36.1 Å². The van der Waals surface area contributed by atoms with Gasteiger partial charge in [0.25, 0.3) is 11.5 Å². The van der Waals surface area contributed by atoms with Crippen molar-refractivity contribution in [1.29, 1.82) is 0 Å². The highest BCUT2D eigenvalue weighted by atomic mass is 16.5. The van der Waals surface area contributed by atoms with Crippen molar-refractivity contribution in [3.8, 4) is 0 Å². The number of aromatic nitrogens is 2. The van der Waals surface area contributed by atoms with Crippen LogP contribution in [0.15, 0.2) is 16.9 Å². The number of hydrogen-bond acceptors (Lipinski definition) is 4. The zero-order chi connectivity index (χ0) is 16.7. The van der Waals surface area contributed by atoms with Gasteiger partial charge in [0.1, 0.15) is 5.69 Å². The van der Waals surface area contributed by atoms with E-state index in [0.29, 0.717) is 31.7 Å². The van der Waals surface area contributed by atoms with Crippen molar-refractivity contribution >= 4 is 5.91 Å². The van der Waals surface area contributed by atoms with Crippen LogP contribution in [0.3, 0.4) is 0 Å². The molecule has 6 heteroatoms. The van der Waals surface area contributed by atoms with Crippen LogP contribution in [0.5, 0.6) is 0 Å². The molecular formula is C17H27N3O3. The quantitative estimate of drug-likeness (QED) is 0.779. The first-order chi connectivity index (χ1) is 11.1. The molecule has 1 aliphatic rings. The van der Waals surface area contributed by atoms with Gasteiger partial charge in [-0.05, 0) is 31.2 Å². The van der Waals surface area contributed by atoms with E-state index < -0.39 is 0 Å². The van der Waals surface area contributed by atoms with Crippen LogP contribution in [-0.2, 0) is 11.3 Å². The molecule has 1 aromatic rings. The largest absolute Gasteiger partial charge is 0.376 e. The van der Waals surface area contributed by atoms with E-state index in [9.17, 15) is 9.59 Å². The van der Waals surface area contributed by atoms with Gasteiger partial charge in [-0.3, -0.25) is 9.59 Å². The number of carbonyl (C=O) groups is 1. The van der Waals surface area contributed by atoms with Crippen molar-refractivity contribution < 1.29 is 9.53 Å². The molecule has 1 amide bonds. The van der Waals surface area contributed by atoms with E-state index >= 15 is 0 Å². The minimum atomic E-state index is -0.268. The van der Waals surface area contributed by atoms with Crippen LogP contribution in [-0.4, -0.2) is 34.9 Å². The van der Waals surface area contributed by atoms with Gasteiger partial charge in [0.05, 0.1) is 12.7 Å². The Morgan fingerprint density at radius 3 is 2.91 bits per heavy atom. The van der Waals surface area contributed by atoms with Gasteiger partial charge in [0.15, 0.2) is 0 Å². The highest BCUT2D eigenvalue weighted by molar-refractivity contribution is 5.91. The Bertz CT molecular complexity index is 570. The van der Waals surface area contributed by atoms with Crippen molar-refractivity contribution in [2.75, 3.05) is 13.2 Å². The molecule has 0 unspecified atom stereocenters. The van der Waals surface area contributed by atoms with Crippen LogP contribution < -0.4 is 10.9 Å². The summed E-state index contributed by atoms with van der Waals surface area (Å²) in [5.74, 6) is 0.328. The summed E-state index contributed by atoms with van der Waals surface area (Å²) in [4.78, 5) is 23.7. The van der Waals surface area contributed by atoms with Gasteiger partial charge < -0.3 is 10.1 Å². The molecule has 2 atom stereocenters. The molecule has 23 heavy (non-hydrogen) atoms. The number of aryl methyl sites for hydroxylation is 1.